The summed E-state index contributed by atoms with van der Waals surface area (Å²) in [5, 5.41) is 8.51. The zero-order valence-electron chi connectivity index (χ0n) is 17.4. The summed E-state index contributed by atoms with van der Waals surface area (Å²) >= 11 is 1.25. The highest BCUT2D eigenvalue weighted by molar-refractivity contribution is 7.99. The molecule has 0 radical (unpaired) electrons. The van der Waals surface area contributed by atoms with E-state index in [1.54, 1.807) is 32.4 Å². The zero-order valence-corrected chi connectivity index (χ0v) is 18.2. The van der Waals surface area contributed by atoms with Gasteiger partial charge in [0.2, 0.25) is 5.91 Å². The zero-order chi connectivity index (χ0) is 20.7. The lowest BCUT2D eigenvalue weighted by atomic mass is 10.1. The number of amides is 1. The normalized spacial score (nSPS) is 13.1. The van der Waals surface area contributed by atoms with E-state index in [4.69, 9.17) is 13.9 Å². The molecule has 0 bridgehead atoms. The number of methoxy groups -OCH3 is 2. The molecule has 0 aliphatic heterocycles. The van der Waals surface area contributed by atoms with Crippen molar-refractivity contribution in [1.82, 2.24) is 15.1 Å². The highest BCUT2D eigenvalue weighted by Gasteiger charge is 2.24. The molecule has 2 atom stereocenters. The fraction of sp³-hybridized carbons (Fsp3) is 0.550. The van der Waals surface area contributed by atoms with Crippen molar-refractivity contribution in [2.45, 2.75) is 57.8 Å². The van der Waals surface area contributed by atoms with Crippen LogP contribution in [0.2, 0.25) is 0 Å². The van der Waals surface area contributed by atoms with E-state index >= 15 is 0 Å². The molecule has 0 fully saturated rings. The molecule has 0 saturated heterocycles. The van der Waals surface area contributed by atoms with Gasteiger partial charge in [0.15, 0.2) is 0 Å². The van der Waals surface area contributed by atoms with Gasteiger partial charge in [0.25, 0.3) is 11.1 Å². The van der Waals surface area contributed by atoms with Gasteiger partial charge in [-0.3, -0.25) is 4.79 Å². The minimum absolute atomic E-state index is 0.0791. The highest BCUT2D eigenvalue weighted by Crippen LogP contribution is 2.33. The van der Waals surface area contributed by atoms with E-state index in [1.165, 1.54) is 11.8 Å². The second-order valence-corrected chi connectivity index (χ2v) is 7.47. The van der Waals surface area contributed by atoms with Crippen molar-refractivity contribution in [2.75, 3.05) is 20.0 Å². The number of carbonyl (C=O) groups excluding carboxylic acids is 1. The quantitative estimate of drug-likeness (QED) is 0.544. The van der Waals surface area contributed by atoms with Crippen LogP contribution >= 0.6 is 11.8 Å². The molecule has 1 amide bonds. The molecule has 0 aliphatic rings. The third-order valence-corrected chi connectivity index (χ3v) is 5.59. The highest BCUT2D eigenvalue weighted by atomic mass is 32.2. The topological polar surface area (TPSA) is 77.7 Å². The van der Waals surface area contributed by atoms with Crippen LogP contribution in [-0.4, -0.2) is 53.1 Å². The summed E-state index contributed by atoms with van der Waals surface area (Å²) in [6.07, 6.45) is 1.84. The van der Waals surface area contributed by atoms with Crippen molar-refractivity contribution >= 4 is 17.7 Å². The molecule has 7 nitrogen and oxygen atoms in total. The molecule has 0 aliphatic carbocycles. The molecular formula is C20H29N3O4S. The van der Waals surface area contributed by atoms with Crippen molar-refractivity contribution in [3.63, 3.8) is 0 Å². The Balaban J connectivity index is 2.10. The molecule has 1 aromatic heterocycles. The fourth-order valence-corrected chi connectivity index (χ4v) is 3.50. The Kier molecular flexibility index (Phi) is 8.17. The standard InChI is InChI=1S/C20H29N3O4S/c1-7-13(3)23(14(4)8-2)18(24)12-28-20-22-21-19(27-20)16-10-9-15(25-5)11-17(16)26-6/h9-11,13-14H,7-8,12H2,1-6H3/t13-,14+. The first-order valence-corrected chi connectivity index (χ1v) is 10.4. The van der Waals surface area contributed by atoms with Crippen LogP contribution in [0.15, 0.2) is 27.8 Å². The Labute approximate surface area is 170 Å². The third kappa shape index (κ3) is 5.19. The van der Waals surface area contributed by atoms with Crippen LogP contribution in [0, 0.1) is 0 Å². The second kappa shape index (κ2) is 10.4. The third-order valence-electron chi connectivity index (χ3n) is 4.78. The van der Waals surface area contributed by atoms with Crippen LogP contribution < -0.4 is 9.47 Å². The lowest BCUT2D eigenvalue weighted by molar-refractivity contribution is -0.132. The average Bonchev–Trinajstić information content (AvgIpc) is 3.20. The maximum absolute atomic E-state index is 12.7. The van der Waals surface area contributed by atoms with Gasteiger partial charge in [-0.1, -0.05) is 25.6 Å². The van der Waals surface area contributed by atoms with E-state index in [1.807, 2.05) is 4.90 Å². The lowest BCUT2D eigenvalue weighted by Gasteiger charge is -2.33. The lowest BCUT2D eigenvalue weighted by Crippen LogP contribution is -2.45. The van der Waals surface area contributed by atoms with Gasteiger partial charge in [0.05, 0.1) is 25.5 Å². The molecular weight excluding hydrogens is 378 g/mol. The second-order valence-electron chi connectivity index (χ2n) is 6.54. The molecule has 8 heteroatoms. The van der Waals surface area contributed by atoms with Crippen LogP contribution in [0.25, 0.3) is 11.5 Å². The van der Waals surface area contributed by atoms with E-state index in [0.29, 0.717) is 28.2 Å². The summed E-state index contributed by atoms with van der Waals surface area (Å²) in [5.41, 5.74) is 0.676. The number of ether oxygens (including phenoxy) is 2. The first kappa shape index (κ1) is 22.1. The largest absolute Gasteiger partial charge is 0.497 e. The van der Waals surface area contributed by atoms with Gasteiger partial charge in [0.1, 0.15) is 11.5 Å². The van der Waals surface area contributed by atoms with Crippen molar-refractivity contribution in [1.29, 1.82) is 0 Å². The predicted molar refractivity (Wildman–Crippen MR) is 110 cm³/mol. The summed E-state index contributed by atoms with van der Waals surface area (Å²) in [7, 11) is 3.16. The number of aromatic nitrogens is 2. The summed E-state index contributed by atoms with van der Waals surface area (Å²) < 4.78 is 16.3. The Bertz CT molecular complexity index is 771. The minimum Gasteiger partial charge on any atom is -0.497 e. The summed E-state index contributed by atoms with van der Waals surface area (Å²) in [5.74, 6) is 1.94. The van der Waals surface area contributed by atoms with Gasteiger partial charge in [0, 0.05) is 18.2 Å². The minimum atomic E-state index is 0.0791. The van der Waals surface area contributed by atoms with Gasteiger partial charge in [-0.05, 0) is 38.8 Å². The molecule has 154 valence electrons. The van der Waals surface area contributed by atoms with Crippen molar-refractivity contribution in [3.05, 3.63) is 18.2 Å². The smallest absolute Gasteiger partial charge is 0.277 e. The monoisotopic (exact) mass is 407 g/mol. The van der Waals surface area contributed by atoms with Gasteiger partial charge < -0.3 is 18.8 Å². The average molecular weight is 408 g/mol. The van der Waals surface area contributed by atoms with Crippen LogP contribution in [0.4, 0.5) is 0 Å². The number of hydrogen-bond donors (Lipinski definition) is 0. The SMILES string of the molecule is CC[C@@H](C)N(C(=O)CSc1nnc(-c2ccc(OC)cc2OC)o1)[C@@H](C)CC. The Morgan fingerprint density at radius 2 is 1.82 bits per heavy atom. The first-order valence-electron chi connectivity index (χ1n) is 9.44. The van der Waals surface area contributed by atoms with Gasteiger partial charge in [-0.25, -0.2) is 0 Å². The molecule has 28 heavy (non-hydrogen) atoms. The fourth-order valence-electron chi connectivity index (χ4n) is 2.87. The summed E-state index contributed by atoms with van der Waals surface area (Å²) in [4.78, 5) is 14.7. The summed E-state index contributed by atoms with van der Waals surface area (Å²) in [6, 6.07) is 5.76. The van der Waals surface area contributed by atoms with E-state index < -0.39 is 0 Å². The molecule has 0 unspecified atom stereocenters. The molecule has 1 heterocycles. The van der Waals surface area contributed by atoms with Gasteiger partial charge in [-0.15, -0.1) is 10.2 Å². The Morgan fingerprint density at radius 1 is 1.14 bits per heavy atom. The van der Waals surface area contributed by atoms with Crippen LogP contribution in [0.3, 0.4) is 0 Å². The van der Waals surface area contributed by atoms with Crippen LogP contribution in [-0.2, 0) is 4.79 Å². The number of nitrogens with zero attached hydrogens (tertiary/aromatic N) is 3. The first-order chi connectivity index (χ1) is 13.4. The molecule has 2 rings (SSSR count). The van der Waals surface area contributed by atoms with E-state index in [0.717, 1.165) is 12.8 Å². The van der Waals surface area contributed by atoms with Crippen LogP contribution in [0.1, 0.15) is 40.5 Å². The van der Waals surface area contributed by atoms with Crippen molar-refractivity contribution in [3.8, 4) is 23.0 Å². The summed E-state index contributed by atoms with van der Waals surface area (Å²) in [6.45, 7) is 8.34. The van der Waals surface area contributed by atoms with Crippen molar-refractivity contribution < 1.29 is 18.7 Å². The predicted octanol–water partition coefficient (Wildman–Crippen LogP) is 4.27. The Morgan fingerprint density at radius 3 is 2.39 bits per heavy atom. The molecule has 1 aromatic carbocycles. The van der Waals surface area contributed by atoms with Crippen molar-refractivity contribution in [2.24, 2.45) is 0 Å². The maximum atomic E-state index is 12.7. The number of benzene rings is 1. The Hall–Kier alpha value is -2.22. The van der Waals surface area contributed by atoms with E-state index in [-0.39, 0.29) is 23.7 Å². The van der Waals surface area contributed by atoms with Gasteiger partial charge in [-0.2, -0.15) is 0 Å². The van der Waals surface area contributed by atoms with Gasteiger partial charge >= 0.3 is 0 Å². The number of thioether (sulfide) groups is 1. The maximum Gasteiger partial charge on any atom is 0.277 e. The molecule has 0 spiro atoms. The number of rotatable bonds is 10. The number of carbonyl (C=O) groups is 1. The van der Waals surface area contributed by atoms with E-state index in [2.05, 4.69) is 37.9 Å². The number of hydrogen-bond acceptors (Lipinski definition) is 7. The molecule has 0 N–H and O–H groups in total. The van der Waals surface area contributed by atoms with Crippen LogP contribution in [0.5, 0.6) is 11.5 Å². The molecule has 2 aromatic rings. The molecule has 0 saturated carbocycles. The van der Waals surface area contributed by atoms with E-state index in [9.17, 15) is 4.79 Å².